The number of rotatable bonds is 8. The van der Waals surface area contributed by atoms with Crippen LogP contribution >= 0.6 is 0 Å². The molecule has 112 valence electrons. The minimum absolute atomic E-state index is 0.0789. The predicted molar refractivity (Wildman–Crippen MR) is 77.3 cm³/mol. The lowest BCUT2D eigenvalue weighted by molar-refractivity contribution is 0.0799. The van der Waals surface area contributed by atoms with Gasteiger partial charge >= 0.3 is 0 Å². The second-order valence-electron chi connectivity index (χ2n) is 4.42. The molecule has 0 aliphatic carbocycles. The quantitative estimate of drug-likeness (QED) is 0.745. The zero-order valence-electron chi connectivity index (χ0n) is 12.0. The van der Waals surface area contributed by atoms with Crippen LogP contribution in [-0.4, -0.2) is 33.5 Å². The fourth-order valence-electron chi connectivity index (χ4n) is 1.69. The van der Waals surface area contributed by atoms with Crippen molar-refractivity contribution in [3.63, 3.8) is 0 Å². The van der Waals surface area contributed by atoms with Gasteiger partial charge in [0.1, 0.15) is 0 Å². The molecule has 1 aromatic carbocycles. The summed E-state index contributed by atoms with van der Waals surface area (Å²) >= 11 is 0. The van der Waals surface area contributed by atoms with E-state index in [2.05, 4.69) is 4.72 Å². The second-order valence-corrected chi connectivity index (χ2v) is 6.19. The fraction of sp³-hybridized carbons (Fsp3) is 0.500. The smallest absolute Gasteiger partial charge is 0.240 e. The van der Waals surface area contributed by atoms with E-state index >= 15 is 0 Å². The number of ether oxygens (including phenoxy) is 1. The minimum Gasteiger partial charge on any atom is -0.377 e. The van der Waals surface area contributed by atoms with Crippen LogP contribution in [0.3, 0.4) is 0 Å². The van der Waals surface area contributed by atoms with Gasteiger partial charge in [0.2, 0.25) is 10.0 Å². The maximum absolute atomic E-state index is 12.1. The summed E-state index contributed by atoms with van der Waals surface area (Å²) in [7, 11) is -3.62. The van der Waals surface area contributed by atoms with Gasteiger partial charge < -0.3 is 4.74 Å². The first-order chi connectivity index (χ1) is 9.40. The van der Waals surface area contributed by atoms with Crippen LogP contribution in [-0.2, 0) is 14.8 Å². The number of ketones is 1. The highest BCUT2D eigenvalue weighted by atomic mass is 32.2. The molecule has 0 radical (unpaired) electrons. The average Bonchev–Trinajstić information content (AvgIpc) is 2.45. The highest BCUT2D eigenvalue weighted by molar-refractivity contribution is 7.89. The number of benzene rings is 1. The molecule has 0 fully saturated rings. The lowest BCUT2D eigenvalue weighted by Gasteiger charge is -2.13. The largest absolute Gasteiger partial charge is 0.377 e. The number of hydrogen-bond donors (Lipinski definition) is 1. The normalized spacial score (nSPS) is 13.2. The van der Waals surface area contributed by atoms with E-state index in [9.17, 15) is 13.2 Å². The maximum atomic E-state index is 12.1. The molecule has 1 aromatic rings. The Balaban J connectivity index is 2.85. The fourth-order valence-corrected chi connectivity index (χ4v) is 2.86. The molecule has 0 aliphatic heterocycles. The summed E-state index contributed by atoms with van der Waals surface area (Å²) in [5, 5.41) is 0. The van der Waals surface area contributed by atoms with E-state index in [1.807, 2.05) is 6.92 Å². The number of sulfonamides is 1. The second kappa shape index (κ2) is 7.52. The molecule has 0 saturated heterocycles. The SMILES string of the molecule is CCOC(C)CNS(=O)(=O)c1cccc(C(=O)CC)c1. The summed E-state index contributed by atoms with van der Waals surface area (Å²) in [5.41, 5.74) is 0.410. The van der Waals surface area contributed by atoms with Crippen molar-refractivity contribution in [2.24, 2.45) is 0 Å². The van der Waals surface area contributed by atoms with Crippen LogP contribution in [0.5, 0.6) is 0 Å². The summed E-state index contributed by atoms with van der Waals surface area (Å²) in [6.45, 7) is 6.12. The van der Waals surface area contributed by atoms with Gasteiger partial charge in [-0.1, -0.05) is 19.1 Å². The lowest BCUT2D eigenvalue weighted by Crippen LogP contribution is -2.32. The van der Waals surface area contributed by atoms with Gasteiger partial charge in [0.25, 0.3) is 0 Å². The molecular formula is C14H21NO4S. The average molecular weight is 299 g/mol. The summed E-state index contributed by atoms with van der Waals surface area (Å²) in [5.74, 6) is -0.0789. The Bertz CT molecular complexity index is 554. The first-order valence-electron chi connectivity index (χ1n) is 6.65. The van der Waals surface area contributed by atoms with Crippen molar-refractivity contribution >= 4 is 15.8 Å². The minimum atomic E-state index is -3.62. The van der Waals surface area contributed by atoms with Crippen LogP contribution in [0.15, 0.2) is 29.2 Å². The lowest BCUT2D eigenvalue weighted by atomic mass is 10.1. The third-order valence-electron chi connectivity index (χ3n) is 2.80. The predicted octanol–water partition coefficient (Wildman–Crippen LogP) is 1.98. The van der Waals surface area contributed by atoms with Crippen LogP contribution in [0.25, 0.3) is 0 Å². The molecule has 1 unspecified atom stereocenters. The molecule has 0 amide bonds. The van der Waals surface area contributed by atoms with Gasteiger partial charge in [-0.3, -0.25) is 4.79 Å². The van der Waals surface area contributed by atoms with Crippen molar-refractivity contribution in [2.45, 2.75) is 38.2 Å². The zero-order valence-corrected chi connectivity index (χ0v) is 12.9. The molecule has 1 N–H and O–H groups in total. The Labute approximate surface area is 120 Å². The van der Waals surface area contributed by atoms with E-state index in [0.717, 1.165) is 0 Å². The molecular weight excluding hydrogens is 278 g/mol. The third-order valence-corrected chi connectivity index (χ3v) is 4.22. The molecule has 1 atom stereocenters. The first kappa shape index (κ1) is 16.8. The van der Waals surface area contributed by atoms with E-state index in [4.69, 9.17) is 4.74 Å². The number of hydrogen-bond acceptors (Lipinski definition) is 4. The van der Waals surface area contributed by atoms with Crippen LogP contribution in [0, 0.1) is 0 Å². The highest BCUT2D eigenvalue weighted by Crippen LogP contribution is 2.13. The standard InChI is InChI=1S/C14H21NO4S/c1-4-14(16)12-7-6-8-13(9-12)20(17,18)15-10-11(3)19-5-2/h6-9,11,15H,4-5,10H2,1-3H3. The number of nitrogens with one attached hydrogen (secondary N) is 1. The Morgan fingerprint density at radius 3 is 2.65 bits per heavy atom. The van der Waals surface area contributed by atoms with Crippen molar-refractivity contribution in [2.75, 3.05) is 13.2 Å². The Kier molecular flexibility index (Phi) is 6.32. The van der Waals surface area contributed by atoms with Crippen molar-refractivity contribution in [1.82, 2.24) is 4.72 Å². The van der Waals surface area contributed by atoms with Crippen LogP contribution < -0.4 is 4.72 Å². The Morgan fingerprint density at radius 1 is 1.35 bits per heavy atom. The van der Waals surface area contributed by atoms with Gasteiger partial charge in [-0.05, 0) is 26.0 Å². The van der Waals surface area contributed by atoms with Gasteiger partial charge in [0.05, 0.1) is 11.0 Å². The Hall–Kier alpha value is -1.24. The highest BCUT2D eigenvalue weighted by Gasteiger charge is 2.16. The summed E-state index contributed by atoms with van der Waals surface area (Å²) < 4.78 is 32.0. The number of Topliss-reactive ketones (excluding diaryl/α,β-unsaturated/α-hetero) is 1. The summed E-state index contributed by atoms with van der Waals surface area (Å²) in [4.78, 5) is 11.7. The molecule has 0 spiro atoms. The number of carbonyl (C=O) groups excluding carboxylic acids is 1. The van der Waals surface area contributed by atoms with Crippen molar-refractivity contribution < 1.29 is 17.9 Å². The van der Waals surface area contributed by atoms with Gasteiger partial charge in [-0.2, -0.15) is 0 Å². The van der Waals surface area contributed by atoms with E-state index in [-0.39, 0.29) is 23.3 Å². The molecule has 0 bridgehead atoms. The van der Waals surface area contributed by atoms with E-state index in [0.29, 0.717) is 18.6 Å². The monoisotopic (exact) mass is 299 g/mol. The van der Waals surface area contributed by atoms with Crippen LogP contribution in [0.2, 0.25) is 0 Å². The van der Waals surface area contributed by atoms with Crippen LogP contribution in [0.1, 0.15) is 37.6 Å². The molecule has 20 heavy (non-hydrogen) atoms. The summed E-state index contributed by atoms with van der Waals surface area (Å²) in [6.07, 6.45) is 0.147. The van der Waals surface area contributed by atoms with Crippen molar-refractivity contribution in [3.05, 3.63) is 29.8 Å². The molecule has 0 aliphatic rings. The van der Waals surface area contributed by atoms with Gasteiger partial charge in [-0.15, -0.1) is 0 Å². The van der Waals surface area contributed by atoms with Crippen LogP contribution in [0.4, 0.5) is 0 Å². The topological polar surface area (TPSA) is 72.5 Å². The van der Waals surface area contributed by atoms with Gasteiger partial charge in [0.15, 0.2) is 5.78 Å². The molecule has 6 heteroatoms. The first-order valence-corrected chi connectivity index (χ1v) is 8.13. The molecule has 0 aromatic heterocycles. The molecule has 5 nitrogen and oxygen atoms in total. The summed E-state index contributed by atoms with van der Waals surface area (Å²) in [6, 6.07) is 6.07. The van der Waals surface area contributed by atoms with E-state index < -0.39 is 10.0 Å². The third kappa shape index (κ3) is 4.70. The number of carbonyl (C=O) groups is 1. The zero-order chi connectivity index (χ0) is 15.2. The van der Waals surface area contributed by atoms with E-state index in [1.165, 1.54) is 12.1 Å². The van der Waals surface area contributed by atoms with Gasteiger partial charge in [0, 0.05) is 25.1 Å². The molecule has 0 heterocycles. The molecule has 0 saturated carbocycles. The molecule has 1 rings (SSSR count). The van der Waals surface area contributed by atoms with Crippen molar-refractivity contribution in [3.8, 4) is 0 Å². The van der Waals surface area contributed by atoms with E-state index in [1.54, 1.807) is 26.0 Å². The van der Waals surface area contributed by atoms with Gasteiger partial charge in [-0.25, -0.2) is 13.1 Å². The maximum Gasteiger partial charge on any atom is 0.240 e. The Morgan fingerprint density at radius 2 is 2.05 bits per heavy atom. The van der Waals surface area contributed by atoms with Crippen molar-refractivity contribution in [1.29, 1.82) is 0 Å².